The fourth-order valence-corrected chi connectivity index (χ4v) is 0.138. The number of hydrogen-bond donors (Lipinski definition) is 0. The lowest BCUT2D eigenvalue weighted by atomic mass is 10.5. The van der Waals surface area contributed by atoms with Gasteiger partial charge in [0.15, 0.2) is 5.83 Å². The Hall–Kier alpha value is -0.870. The molecule has 0 unspecified atom stereocenters. The largest absolute Gasteiger partial charge is 0.308 e. The maximum absolute atomic E-state index is 11.4. The highest BCUT2D eigenvalue weighted by Gasteiger charge is 2.10. The quantitative estimate of drug-likeness (QED) is 0.392. The Bertz CT molecular complexity index is 152. The normalized spacial score (nSPS) is 11.4. The second-order valence-electron chi connectivity index (χ2n) is 1.03. The second kappa shape index (κ2) is 3.21. The molecule has 0 radical (unpaired) electrons. The monoisotopic (exact) mass is 144 g/mol. The lowest BCUT2D eigenvalue weighted by Gasteiger charge is -1.84. The van der Waals surface area contributed by atoms with Crippen LogP contribution in [0, 0.1) is 0 Å². The standard InChI is InChI=1S/C4HF5/c5-1-2(6)3(7)4(8)9/h1H/b2-1-. The molecular formula is C4HF5. The molecule has 9 heavy (non-hydrogen) atoms. The predicted molar refractivity (Wildman–Crippen MR) is 20.6 cm³/mol. The van der Waals surface area contributed by atoms with Gasteiger partial charge in [-0.2, -0.15) is 13.2 Å². The van der Waals surface area contributed by atoms with E-state index in [1.54, 1.807) is 0 Å². The zero-order valence-electron chi connectivity index (χ0n) is 3.97. The molecule has 0 nitrogen and oxygen atoms in total. The highest BCUT2D eigenvalue weighted by molar-refractivity contribution is 5.16. The van der Waals surface area contributed by atoms with E-state index in [1.165, 1.54) is 0 Å². The lowest BCUT2D eigenvalue weighted by molar-refractivity contribution is 0.369. The average molecular weight is 144 g/mol. The fourth-order valence-electron chi connectivity index (χ4n) is 0.138. The highest BCUT2D eigenvalue weighted by Crippen LogP contribution is 2.19. The molecule has 0 atom stereocenters. The molecule has 0 fully saturated rings. The second-order valence-corrected chi connectivity index (χ2v) is 1.03. The van der Waals surface area contributed by atoms with Crippen LogP contribution >= 0.6 is 0 Å². The molecule has 0 aromatic heterocycles. The molecule has 0 saturated heterocycles. The summed E-state index contributed by atoms with van der Waals surface area (Å²) in [6, 6.07) is 0. The van der Waals surface area contributed by atoms with Crippen molar-refractivity contribution < 1.29 is 22.0 Å². The minimum Gasteiger partial charge on any atom is -0.212 e. The smallest absolute Gasteiger partial charge is 0.212 e. The van der Waals surface area contributed by atoms with Crippen LogP contribution in [0.4, 0.5) is 22.0 Å². The first-order valence-electron chi connectivity index (χ1n) is 1.76. The van der Waals surface area contributed by atoms with Gasteiger partial charge in [0.1, 0.15) is 6.33 Å². The first-order valence-corrected chi connectivity index (χ1v) is 1.76. The van der Waals surface area contributed by atoms with Crippen molar-refractivity contribution in [3.63, 3.8) is 0 Å². The third kappa shape index (κ3) is 2.25. The van der Waals surface area contributed by atoms with Crippen LogP contribution < -0.4 is 0 Å². The summed E-state index contributed by atoms with van der Waals surface area (Å²) in [7, 11) is 0. The van der Waals surface area contributed by atoms with Crippen LogP contribution in [-0.4, -0.2) is 0 Å². The van der Waals surface area contributed by atoms with Crippen LogP contribution in [0.3, 0.4) is 0 Å². The topological polar surface area (TPSA) is 0 Å². The van der Waals surface area contributed by atoms with Crippen molar-refractivity contribution in [1.82, 2.24) is 0 Å². The van der Waals surface area contributed by atoms with Gasteiger partial charge in [-0.3, -0.25) is 0 Å². The van der Waals surface area contributed by atoms with E-state index < -0.39 is 24.1 Å². The van der Waals surface area contributed by atoms with Gasteiger partial charge in [-0.25, -0.2) is 8.78 Å². The summed E-state index contributed by atoms with van der Waals surface area (Å²) in [5.41, 5.74) is 0. The molecule has 0 spiro atoms. The van der Waals surface area contributed by atoms with Gasteiger partial charge >= 0.3 is 6.08 Å². The molecule has 0 amide bonds. The Morgan fingerprint density at radius 3 is 1.56 bits per heavy atom. The van der Waals surface area contributed by atoms with Crippen molar-refractivity contribution in [2.24, 2.45) is 0 Å². The Morgan fingerprint density at radius 1 is 1.00 bits per heavy atom. The zero-order chi connectivity index (χ0) is 7.44. The molecule has 5 heteroatoms. The molecule has 0 aliphatic rings. The van der Waals surface area contributed by atoms with Crippen molar-refractivity contribution in [1.29, 1.82) is 0 Å². The molecule has 0 saturated carbocycles. The molecule has 0 rings (SSSR count). The molecule has 52 valence electrons. The molecule has 0 aromatic rings. The summed E-state index contributed by atoms with van der Waals surface area (Å²) in [5.74, 6) is -4.66. The highest BCUT2D eigenvalue weighted by atomic mass is 19.3. The van der Waals surface area contributed by atoms with Gasteiger partial charge in [0.2, 0.25) is 5.83 Å². The van der Waals surface area contributed by atoms with Crippen molar-refractivity contribution in [2.45, 2.75) is 0 Å². The Kier molecular flexibility index (Phi) is 2.90. The van der Waals surface area contributed by atoms with Gasteiger partial charge in [-0.05, 0) is 0 Å². The fraction of sp³-hybridized carbons (Fsp3) is 0. The molecule has 0 aliphatic carbocycles. The summed E-state index contributed by atoms with van der Waals surface area (Å²) in [6.45, 7) is 0. The van der Waals surface area contributed by atoms with Gasteiger partial charge < -0.3 is 0 Å². The summed E-state index contributed by atoms with van der Waals surface area (Å²) in [4.78, 5) is 0. The minimum atomic E-state index is -2.87. The summed E-state index contributed by atoms with van der Waals surface area (Å²) in [5, 5.41) is 0. The first-order chi connectivity index (χ1) is 4.09. The van der Waals surface area contributed by atoms with Crippen LogP contribution in [0.1, 0.15) is 0 Å². The summed E-state index contributed by atoms with van der Waals surface area (Å²) < 4.78 is 55.4. The number of rotatable bonds is 1. The van der Waals surface area contributed by atoms with E-state index in [1.807, 2.05) is 0 Å². The van der Waals surface area contributed by atoms with Crippen molar-refractivity contribution in [3.05, 3.63) is 24.1 Å². The minimum absolute atomic E-state index is 0.880. The van der Waals surface area contributed by atoms with Crippen LogP contribution in [0.2, 0.25) is 0 Å². The number of hydrogen-bond acceptors (Lipinski definition) is 0. The van der Waals surface area contributed by atoms with Crippen molar-refractivity contribution in [3.8, 4) is 0 Å². The van der Waals surface area contributed by atoms with E-state index >= 15 is 0 Å². The van der Waals surface area contributed by atoms with Crippen molar-refractivity contribution in [2.75, 3.05) is 0 Å². The molecule has 0 aromatic carbocycles. The molecule has 0 heterocycles. The van der Waals surface area contributed by atoms with E-state index in [4.69, 9.17) is 0 Å². The SMILES string of the molecule is F/C=C(\F)C(F)=C(F)F. The average Bonchev–Trinajstić information content (AvgIpc) is 1.84. The van der Waals surface area contributed by atoms with Gasteiger partial charge in [0, 0.05) is 0 Å². The molecule has 0 aliphatic heterocycles. The summed E-state index contributed by atoms with van der Waals surface area (Å²) >= 11 is 0. The Labute approximate surface area is 47.3 Å². The Morgan fingerprint density at radius 2 is 1.44 bits per heavy atom. The third-order valence-corrected chi connectivity index (χ3v) is 0.471. The number of halogens is 5. The summed E-state index contributed by atoms with van der Waals surface area (Å²) in [6.07, 6.45) is -3.75. The maximum atomic E-state index is 11.4. The Balaban J connectivity index is 4.40. The third-order valence-electron chi connectivity index (χ3n) is 0.471. The van der Waals surface area contributed by atoms with Gasteiger partial charge in [-0.15, -0.1) is 0 Å². The lowest BCUT2D eigenvalue weighted by Crippen LogP contribution is -1.74. The van der Waals surface area contributed by atoms with Gasteiger partial charge in [0.25, 0.3) is 0 Å². The van der Waals surface area contributed by atoms with Crippen LogP contribution in [-0.2, 0) is 0 Å². The molecular weight excluding hydrogens is 143 g/mol. The van der Waals surface area contributed by atoms with E-state index in [2.05, 4.69) is 0 Å². The van der Waals surface area contributed by atoms with E-state index in [0.29, 0.717) is 0 Å². The molecule has 0 N–H and O–H groups in total. The maximum Gasteiger partial charge on any atom is 0.308 e. The van der Waals surface area contributed by atoms with Crippen molar-refractivity contribution >= 4 is 0 Å². The number of allylic oxidation sites excluding steroid dienone is 2. The van der Waals surface area contributed by atoms with E-state index in [0.717, 1.165) is 0 Å². The predicted octanol–water partition coefficient (Wildman–Crippen LogP) is 2.84. The van der Waals surface area contributed by atoms with Crippen LogP contribution in [0.5, 0.6) is 0 Å². The molecule has 0 bridgehead atoms. The first kappa shape index (κ1) is 8.13. The van der Waals surface area contributed by atoms with E-state index in [-0.39, 0.29) is 0 Å². The van der Waals surface area contributed by atoms with Gasteiger partial charge in [0.05, 0.1) is 0 Å². The van der Waals surface area contributed by atoms with Crippen LogP contribution in [0.25, 0.3) is 0 Å². The van der Waals surface area contributed by atoms with Crippen LogP contribution in [0.15, 0.2) is 24.1 Å². The zero-order valence-corrected chi connectivity index (χ0v) is 3.97. The van der Waals surface area contributed by atoms with E-state index in [9.17, 15) is 22.0 Å². The van der Waals surface area contributed by atoms with Gasteiger partial charge in [-0.1, -0.05) is 0 Å².